The van der Waals surface area contributed by atoms with Gasteiger partial charge in [-0.15, -0.1) is 0 Å². The van der Waals surface area contributed by atoms with Crippen LogP contribution in [0.15, 0.2) is 60.7 Å². The Labute approximate surface area is 241 Å². The number of nitrogens with one attached hydrogen (secondary N) is 1. The number of hydrogen-bond donors (Lipinski definition) is 2. The van der Waals surface area contributed by atoms with Crippen molar-refractivity contribution in [2.45, 2.75) is 69.4 Å². The fraction of sp³-hybridized carbons (Fsp3) is 0.484. The van der Waals surface area contributed by atoms with Crippen molar-refractivity contribution in [3.8, 4) is 0 Å². The van der Waals surface area contributed by atoms with E-state index in [1.54, 1.807) is 0 Å². The first-order valence-electron chi connectivity index (χ1n) is 14.2. The molecule has 1 saturated heterocycles. The van der Waals surface area contributed by atoms with Crippen molar-refractivity contribution < 1.29 is 33.4 Å². The highest BCUT2D eigenvalue weighted by Gasteiger charge is 2.39. The van der Waals surface area contributed by atoms with Crippen molar-refractivity contribution in [2.24, 2.45) is 5.73 Å². The number of methoxy groups -OCH3 is 1. The van der Waals surface area contributed by atoms with Crippen molar-refractivity contribution in [3.05, 3.63) is 71.8 Å². The van der Waals surface area contributed by atoms with Gasteiger partial charge in [0.15, 0.2) is 0 Å². The van der Waals surface area contributed by atoms with E-state index < -0.39 is 42.8 Å². The van der Waals surface area contributed by atoms with Gasteiger partial charge in [-0.05, 0) is 49.7 Å². The van der Waals surface area contributed by atoms with E-state index >= 15 is 0 Å². The lowest BCUT2D eigenvalue weighted by molar-refractivity contribution is -0.152. The molecular formula is C31H41N3O7. The molecule has 0 spiro atoms. The number of carbonyl (C=O) groups excluding carboxylic acids is 4. The molecule has 1 heterocycles. The third kappa shape index (κ3) is 10.2. The molecule has 3 rings (SSSR count). The summed E-state index contributed by atoms with van der Waals surface area (Å²) >= 11 is 0. The normalized spacial score (nSPS) is 16.2. The standard InChI is InChI=1S/C31H41N3O7/c1-39-30(37)28(24-15-7-3-8-16-24)26-17-10-12-20-34(26)31(38)41-22-40-27(35)18-9-4-11-19-33-29(36)25(32)21-23-13-5-2-6-14-23/h2-3,5-8,13-16,25-26,28H,4,9-12,17-22,32H2,1H3,(H,33,36). The Kier molecular flexibility index (Phi) is 13.1. The van der Waals surface area contributed by atoms with Gasteiger partial charge in [-0.2, -0.15) is 0 Å². The fourth-order valence-electron chi connectivity index (χ4n) is 5.01. The molecule has 2 amide bonds. The van der Waals surface area contributed by atoms with E-state index in [0.717, 1.165) is 24.0 Å². The van der Waals surface area contributed by atoms with Gasteiger partial charge in [-0.25, -0.2) is 4.79 Å². The van der Waals surface area contributed by atoms with Crippen LogP contribution >= 0.6 is 0 Å². The van der Waals surface area contributed by atoms with Gasteiger partial charge in [0.2, 0.25) is 12.7 Å². The number of rotatable bonds is 14. The third-order valence-corrected chi connectivity index (χ3v) is 7.18. The number of carbonyl (C=O) groups is 4. The molecule has 0 saturated carbocycles. The predicted molar refractivity (Wildman–Crippen MR) is 153 cm³/mol. The molecule has 222 valence electrons. The SMILES string of the molecule is COC(=O)C(c1ccccc1)C1CCCCN1C(=O)OCOC(=O)CCCCCNC(=O)C(N)Cc1ccccc1. The summed E-state index contributed by atoms with van der Waals surface area (Å²) in [5, 5.41) is 2.83. The highest BCUT2D eigenvalue weighted by Crippen LogP contribution is 2.32. The Morgan fingerprint density at radius 1 is 0.951 bits per heavy atom. The summed E-state index contributed by atoms with van der Waals surface area (Å²) in [7, 11) is 1.34. The van der Waals surface area contributed by atoms with Crippen LogP contribution in [0.1, 0.15) is 62.0 Å². The summed E-state index contributed by atoms with van der Waals surface area (Å²) in [5.41, 5.74) is 7.76. The second-order valence-corrected chi connectivity index (χ2v) is 10.1. The van der Waals surface area contributed by atoms with E-state index in [4.69, 9.17) is 19.9 Å². The minimum atomic E-state index is -0.638. The first-order valence-corrected chi connectivity index (χ1v) is 14.2. The Morgan fingerprint density at radius 3 is 2.37 bits per heavy atom. The zero-order chi connectivity index (χ0) is 29.5. The number of benzene rings is 2. The Bertz CT molecular complexity index is 1110. The zero-order valence-electron chi connectivity index (χ0n) is 23.7. The van der Waals surface area contributed by atoms with Crippen LogP contribution in [0.5, 0.6) is 0 Å². The number of nitrogens with two attached hydrogens (primary N) is 1. The van der Waals surface area contributed by atoms with Crippen molar-refractivity contribution in [1.82, 2.24) is 10.2 Å². The monoisotopic (exact) mass is 567 g/mol. The van der Waals surface area contributed by atoms with Crippen molar-refractivity contribution >= 4 is 23.9 Å². The van der Waals surface area contributed by atoms with Gasteiger partial charge >= 0.3 is 18.0 Å². The molecular weight excluding hydrogens is 526 g/mol. The molecule has 0 radical (unpaired) electrons. The van der Waals surface area contributed by atoms with E-state index in [1.165, 1.54) is 12.0 Å². The van der Waals surface area contributed by atoms with Crippen molar-refractivity contribution in [3.63, 3.8) is 0 Å². The van der Waals surface area contributed by atoms with Crippen molar-refractivity contribution in [2.75, 3.05) is 27.0 Å². The summed E-state index contributed by atoms with van der Waals surface area (Å²) < 4.78 is 15.4. The second-order valence-electron chi connectivity index (χ2n) is 10.1. The molecule has 1 aliphatic rings. The summed E-state index contributed by atoms with van der Waals surface area (Å²) in [6.07, 6.45) is 4.28. The molecule has 0 bridgehead atoms. The van der Waals surface area contributed by atoms with Gasteiger partial charge in [0.25, 0.3) is 0 Å². The van der Waals surface area contributed by atoms with Crippen LogP contribution in [0.25, 0.3) is 0 Å². The van der Waals surface area contributed by atoms with E-state index in [-0.39, 0.29) is 12.3 Å². The second kappa shape index (κ2) is 17.0. The molecule has 10 nitrogen and oxygen atoms in total. The van der Waals surface area contributed by atoms with Crippen LogP contribution in [0.3, 0.4) is 0 Å². The summed E-state index contributed by atoms with van der Waals surface area (Å²) in [6.45, 7) is 0.413. The number of unbranched alkanes of at least 4 members (excludes halogenated alkanes) is 2. The van der Waals surface area contributed by atoms with Gasteiger partial charge in [-0.3, -0.25) is 14.4 Å². The smallest absolute Gasteiger partial charge is 0.412 e. The zero-order valence-corrected chi connectivity index (χ0v) is 23.7. The molecule has 3 unspecified atom stereocenters. The molecule has 3 N–H and O–H groups in total. The highest BCUT2D eigenvalue weighted by atomic mass is 16.7. The average Bonchev–Trinajstić information content (AvgIpc) is 3.00. The maximum Gasteiger partial charge on any atom is 0.412 e. The van der Waals surface area contributed by atoms with Gasteiger partial charge in [0, 0.05) is 19.5 Å². The lowest BCUT2D eigenvalue weighted by Crippen LogP contribution is -2.49. The summed E-state index contributed by atoms with van der Waals surface area (Å²) in [4.78, 5) is 51.4. The van der Waals surface area contributed by atoms with Crippen LogP contribution < -0.4 is 11.1 Å². The van der Waals surface area contributed by atoms with Gasteiger partial charge in [0.1, 0.15) is 5.92 Å². The van der Waals surface area contributed by atoms with Crippen LogP contribution in [0.4, 0.5) is 4.79 Å². The van der Waals surface area contributed by atoms with Crippen LogP contribution in [0, 0.1) is 0 Å². The van der Waals surface area contributed by atoms with E-state index in [0.29, 0.717) is 45.2 Å². The minimum Gasteiger partial charge on any atom is -0.468 e. The van der Waals surface area contributed by atoms with E-state index in [9.17, 15) is 19.2 Å². The number of esters is 2. The summed E-state index contributed by atoms with van der Waals surface area (Å²) in [5.74, 6) is -1.73. The molecule has 41 heavy (non-hydrogen) atoms. The Morgan fingerprint density at radius 2 is 1.66 bits per heavy atom. The van der Waals surface area contributed by atoms with Gasteiger partial charge in [0.05, 0.1) is 19.2 Å². The van der Waals surface area contributed by atoms with Gasteiger partial charge in [-0.1, -0.05) is 67.1 Å². The Hall–Kier alpha value is -3.92. The molecule has 3 atom stereocenters. The Balaban J connectivity index is 1.33. The minimum absolute atomic E-state index is 0.170. The number of ether oxygens (including phenoxy) is 3. The van der Waals surface area contributed by atoms with Crippen LogP contribution in [0.2, 0.25) is 0 Å². The van der Waals surface area contributed by atoms with Crippen molar-refractivity contribution in [1.29, 1.82) is 0 Å². The lowest BCUT2D eigenvalue weighted by atomic mass is 9.85. The van der Waals surface area contributed by atoms with Crippen LogP contribution in [-0.2, 0) is 35.0 Å². The molecule has 2 aromatic rings. The quantitative estimate of drug-likeness (QED) is 0.200. The number of likely N-dealkylation sites (tertiary alicyclic amines) is 1. The molecule has 10 heteroatoms. The maximum atomic E-state index is 12.9. The molecule has 0 aromatic heterocycles. The third-order valence-electron chi connectivity index (χ3n) is 7.18. The first-order chi connectivity index (χ1) is 19.9. The number of amides is 2. The molecule has 1 aliphatic heterocycles. The topological polar surface area (TPSA) is 137 Å². The molecule has 0 aliphatic carbocycles. The van der Waals surface area contributed by atoms with Crippen LogP contribution in [-0.4, -0.2) is 67.9 Å². The average molecular weight is 568 g/mol. The number of nitrogens with zero attached hydrogens (tertiary/aromatic N) is 1. The lowest BCUT2D eigenvalue weighted by Gasteiger charge is -2.38. The first kappa shape index (κ1) is 31.6. The number of hydrogen-bond acceptors (Lipinski definition) is 8. The number of piperidine rings is 1. The predicted octanol–water partition coefficient (Wildman–Crippen LogP) is 3.68. The molecule has 2 aromatic carbocycles. The highest BCUT2D eigenvalue weighted by molar-refractivity contribution is 5.82. The largest absolute Gasteiger partial charge is 0.468 e. The van der Waals surface area contributed by atoms with E-state index in [2.05, 4.69) is 5.32 Å². The maximum absolute atomic E-state index is 12.9. The summed E-state index contributed by atoms with van der Waals surface area (Å²) in [6, 6.07) is 17.8. The molecule has 1 fully saturated rings. The fourth-order valence-corrected chi connectivity index (χ4v) is 5.01. The van der Waals surface area contributed by atoms with Gasteiger partial charge < -0.3 is 30.2 Å². The van der Waals surface area contributed by atoms with E-state index in [1.807, 2.05) is 60.7 Å².